The number of piperazine rings is 1. The molecule has 7 heteroatoms. The molecule has 170 valence electrons. The van der Waals surface area contributed by atoms with Crippen LogP contribution in [0.15, 0.2) is 75.4 Å². The molecule has 1 N–H and O–H groups in total. The van der Waals surface area contributed by atoms with Crippen LogP contribution in [0.5, 0.6) is 0 Å². The van der Waals surface area contributed by atoms with Gasteiger partial charge in [-0.15, -0.1) is 23.1 Å². The predicted octanol–water partition coefficient (Wildman–Crippen LogP) is 5.81. The van der Waals surface area contributed by atoms with E-state index in [0.29, 0.717) is 4.88 Å². The Kier molecular flexibility index (Phi) is 6.55. The van der Waals surface area contributed by atoms with Crippen LogP contribution in [0.4, 0.5) is 5.69 Å². The fraction of sp³-hybridized carbons (Fsp3) is 0.269. The van der Waals surface area contributed by atoms with Gasteiger partial charge in [-0.2, -0.15) is 0 Å². The van der Waals surface area contributed by atoms with Crippen LogP contribution >= 0.6 is 23.1 Å². The standard InChI is InChI=1S/C26H27N3O2S2/c1-28-13-15-29(16-14-28)24(18-9-11-19(32-2)12-10-18)25-23(20-6-3-4-7-21(20)31-25)27-26(30)22-8-5-17-33-22/h3-12,17,24H,13-16H2,1-2H3,(H,27,30)/t24-/m1/s1. The molecule has 0 unspecified atom stereocenters. The summed E-state index contributed by atoms with van der Waals surface area (Å²) in [5.74, 6) is 0.690. The summed E-state index contributed by atoms with van der Waals surface area (Å²) in [5.41, 5.74) is 2.72. The summed E-state index contributed by atoms with van der Waals surface area (Å²) >= 11 is 3.18. The van der Waals surface area contributed by atoms with Crippen LogP contribution in [-0.4, -0.2) is 55.2 Å². The molecule has 33 heavy (non-hydrogen) atoms. The van der Waals surface area contributed by atoms with Crippen LogP contribution in [0.3, 0.4) is 0 Å². The number of thiophene rings is 1. The molecule has 1 amide bonds. The van der Waals surface area contributed by atoms with Crippen LogP contribution < -0.4 is 5.32 Å². The van der Waals surface area contributed by atoms with E-state index in [4.69, 9.17) is 4.42 Å². The lowest BCUT2D eigenvalue weighted by Gasteiger charge is -2.37. The third kappa shape index (κ3) is 4.59. The van der Waals surface area contributed by atoms with Gasteiger partial charge in [0.2, 0.25) is 0 Å². The molecule has 1 aliphatic rings. The zero-order valence-corrected chi connectivity index (χ0v) is 20.4. The molecule has 0 saturated carbocycles. The van der Waals surface area contributed by atoms with Crippen LogP contribution in [0.25, 0.3) is 11.0 Å². The van der Waals surface area contributed by atoms with Crippen molar-refractivity contribution >= 4 is 45.7 Å². The first kappa shape index (κ1) is 22.2. The number of para-hydroxylation sites is 1. The highest BCUT2D eigenvalue weighted by Crippen LogP contribution is 2.41. The Hall–Kier alpha value is -2.58. The smallest absolute Gasteiger partial charge is 0.265 e. The fourth-order valence-electron chi connectivity index (χ4n) is 4.36. The maximum Gasteiger partial charge on any atom is 0.265 e. The number of likely N-dealkylation sites (N-methyl/N-ethyl adjacent to an activating group) is 1. The van der Waals surface area contributed by atoms with Crippen molar-refractivity contribution in [3.8, 4) is 0 Å². The first-order valence-electron chi connectivity index (χ1n) is 11.1. The van der Waals surface area contributed by atoms with Crippen molar-refractivity contribution in [2.24, 2.45) is 0 Å². The predicted molar refractivity (Wildman–Crippen MR) is 138 cm³/mol. The van der Waals surface area contributed by atoms with Gasteiger partial charge in [-0.25, -0.2) is 0 Å². The number of benzene rings is 2. The van der Waals surface area contributed by atoms with Crippen molar-refractivity contribution in [1.29, 1.82) is 0 Å². The van der Waals surface area contributed by atoms with Crippen molar-refractivity contribution in [2.75, 3.05) is 44.8 Å². The number of thioether (sulfide) groups is 1. The summed E-state index contributed by atoms with van der Waals surface area (Å²) in [5, 5.41) is 6.04. The Morgan fingerprint density at radius 1 is 1.03 bits per heavy atom. The molecule has 5 rings (SSSR count). The lowest BCUT2D eigenvalue weighted by atomic mass is 10.00. The molecular weight excluding hydrogens is 450 g/mol. The van der Waals surface area contributed by atoms with E-state index in [1.54, 1.807) is 11.8 Å². The van der Waals surface area contributed by atoms with Gasteiger partial charge in [-0.3, -0.25) is 9.69 Å². The molecule has 0 aliphatic carbocycles. The van der Waals surface area contributed by atoms with Crippen LogP contribution in [-0.2, 0) is 0 Å². The Morgan fingerprint density at radius 2 is 1.79 bits per heavy atom. The topological polar surface area (TPSA) is 48.7 Å². The largest absolute Gasteiger partial charge is 0.457 e. The van der Waals surface area contributed by atoms with Crippen molar-refractivity contribution < 1.29 is 9.21 Å². The number of furan rings is 1. The Bertz CT molecular complexity index is 1230. The number of carbonyl (C=O) groups is 1. The normalized spacial score (nSPS) is 16.2. The van der Waals surface area contributed by atoms with E-state index in [-0.39, 0.29) is 11.9 Å². The molecule has 2 aromatic carbocycles. The van der Waals surface area contributed by atoms with Crippen molar-refractivity contribution in [2.45, 2.75) is 10.9 Å². The first-order chi connectivity index (χ1) is 16.1. The van der Waals surface area contributed by atoms with Gasteiger partial charge in [0.25, 0.3) is 5.91 Å². The monoisotopic (exact) mass is 477 g/mol. The van der Waals surface area contributed by atoms with E-state index >= 15 is 0 Å². The summed E-state index contributed by atoms with van der Waals surface area (Å²) in [7, 11) is 2.16. The van der Waals surface area contributed by atoms with E-state index in [1.165, 1.54) is 21.8 Å². The van der Waals surface area contributed by atoms with E-state index in [0.717, 1.165) is 48.6 Å². The highest BCUT2D eigenvalue weighted by atomic mass is 32.2. The first-order valence-corrected chi connectivity index (χ1v) is 13.2. The molecule has 1 atom stereocenters. The molecule has 5 nitrogen and oxygen atoms in total. The number of amides is 1. The maximum absolute atomic E-state index is 13.1. The third-order valence-electron chi connectivity index (χ3n) is 6.19. The molecule has 0 bridgehead atoms. The van der Waals surface area contributed by atoms with Gasteiger partial charge >= 0.3 is 0 Å². The summed E-state index contributed by atoms with van der Waals surface area (Å²) < 4.78 is 6.50. The van der Waals surface area contributed by atoms with Crippen LogP contribution in [0, 0.1) is 0 Å². The minimum absolute atomic E-state index is 0.0827. The van der Waals surface area contributed by atoms with Gasteiger partial charge in [-0.05, 0) is 54.6 Å². The quantitative estimate of drug-likeness (QED) is 0.355. The van der Waals surface area contributed by atoms with Gasteiger partial charge in [-0.1, -0.05) is 30.3 Å². The zero-order valence-electron chi connectivity index (χ0n) is 18.8. The Labute approximate surface area is 202 Å². The average molecular weight is 478 g/mol. The Balaban J connectivity index is 1.62. The zero-order chi connectivity index (χ0) is 22.8. The maximum atomic E-state index is 13.1. The molecular formula is C26H27N3O2S2. The average Bonchev–Trinajstić information content (AvgIpc) is 3.50. The number of nitrogens with one attached hydrogen (secondary N) is 1. The second-order valence-electron chi connectivity index (χ2n) is 8.28. The SMILES string of the molecule is CSc1ccc([C@H](c2oc3ccccc3c2NC(=O)c2cccs2)N2CCN(C)CC2)cc1. The van der Waals surface area contributed by atoms with Gasteiger partial charge < -0.3 is 14.6 Å². The third-order valence-corrected chi connectivity index (χ3v) is 7.80. The molecule has 1 fully saturated rings. The van der Waals surface area contributed by atoms with Crippen molar-refractivity contribution in [1.82, 2.24) is 9.80 Å². The number of carbonyl (C=O) groups excluding carboxylic acids is 1. The Morgan fingerprint density at radius 3 is 2.48 bits per heavy atom. The van der Waals surface area contributed by atoms with Gasteiger partial charge in [0.1, 0.15) is 11.3 Å². The number of hydrogen-bond acceptors (Lipinski definition) is 6. The van der Waals surface area contributed by atoms with Gasteiger partial charge in [0.05, 0.1) is 16.6 Å². The second kappa shape index (κ2) is 9.73. The highest BCUT2D eigenvalue weighted by Gasteiger charge is 2.32. The minimum atomic E-state index is -0.104. The molecule has 4 aromatic rings. The number of fused-ring (bicyclic) bond motifs is 1. The molecule has 0 spiro atoms. The van der Waals surface area contributed by atoms with E-state index < -0.39 is 0 Å². The van der Waals surface area contributed by atoms with E-state index in [2.05, 4.69) is 52.7 Å². The fourth-order valence-corrected chi connectivity index (χ4v) is 5.39. The van der Waals surface area contributed by atoms with Crippen LogP contribution in [0.2, 0.25) is 0 Å². The van der Waals surface area contributed by atoms with Gasteiger partial charge in [0.15, 0.2) is 0 Å². The van der Waals surface area contributed by atoms with Crippen molar-refractivity contribution in [3.05, 3.63) is 82.2 Å². The number of nitrogens with zero attached hydrogens (tertiary/aromatic N) is 2. The number of rotatable bonds is 6. The van der Waals surface area contributed by atoms with E-state index in [1.807, 2.05) is 41.8 Å². The van der Waals surface area contributed by atoms with Crippen LogP contribution in [0.1, 0.15) is 27.0 Å². The highest BCUT2D eigenvalue weighted by molar-refractivity contribution is 7.98. The molecule has 3 heterocycles. The summed E-state index contributed by atoms with van der Waals surface area (Å²) in [4.78, 5) is 19.8. The summed E-state index contributed by atoms with van der Waals surface area (Å²) in [6.45, 7) is 3.86. The molecule has 1 saturated heterocycles. The summed E-state index contributed by atoms with van der Waals surface area (Å²) in [6, 6.07) is 20.3. The molecule has 0 radical (unpaired) electrons. The summed E-state index contributed by atoms with van der Waals surface area (Å²) in [6.07, 6.45) is 2.09. The number of hydrogen-bond donors (Lipinski definition) is 1. The lowest BCUT2D eigenvalue weighted by molar-refractivity contribution is 0.102. The minimum Gasteiger partial charge on any atom is -0.457 e. The molecule has 2 aromatic heterocycles. The van der Waals surface area contributed by atoms with E-state index in [9.17, 15) is 4.79 Å². The number of anilines is 1. The van der Waals surface area contributed by atoms with Gasteiger partial charge in [0, 0.05) is 36.5 Å². The lowest BCUT2D eigenvalue weighted by Crippen LogP contribution is -2.46. The molecule has 1 aliphatic heterocycles. The second-order valence-corrected chi connectivity index (χ2v) is 10.1. The van der Waals surface area contributed by atoms with Crippen molar-refractivity contribution in [3.63, 3.8) is 0 Å².